The first-order valence-corrected chi connectivity index (χ1v) is 39.7. The van der Waals surface area contributed by atoms with Gasteiger partial charge in [-0.05, 0) is 49.4 Å². The minimum atomic E-state index is -4.95. The third-order valence-electron chi connectivity index (χ3n) is 16.3. The molecule has 0 aromatic carbocycles. The van der Waals surface area contributed by atoms with E-state index < -0.39 is 97.5 Å². The number of carbonyl (C=O) groups excluding carboxylic acids is 4. The second-order valence-corrected chi connectivity index (χ2v) is 30.4. The molecule has 0 heterocycles. The Morgan fingerprint density at radius 3 is 0.689 bits per heavy atom. The molecule has 5 atom stereocenters. The lowest BCUT2D eigenvalue weighted by molar-refractivity contribution is -0.161. The molecule has 0 bridgehead atoms. The van der Waals surface area contributed by atoms with Crippen LogP contribution in [0.4, 0.5) is 0 Å². The smallest absolute Gasteiger partial charge is 0.462 e. The predicted molar refractivity (Wildman–Crippen MR) is 363 cm³/mol. The first-order valence-electron chi connectivity index (χ1n) is 36.7. The van der Waals surface area contributed by atoms with E-state index in [2.05, 4.69) is 55.4 Å². The molecule has 0 aromatic heterocycles. The highest BCUT2D eigenvalue weighted by Crippen LogP contribution is 2.45. The predicted octanol–water partition coefficient (Wildman–Crippen LogP) is 20.1. The second-order valence-electron chi connectivity index (χ2n) is 27.5. The first kappa shape index (κ1) is 88.1. The van der Waals surface area contributed by atoms with Crippen LogP contribution in [0.25, 0.3) is 0 Å². The number of ether oxygens (including phenoxy) is 4. The maximum absolute atomic E-state index is 13.0. The van der Waals surface area contributed by atoms with E-state index in [0.717, 1.165) is 114 Å². The van der Waals surface area contributed by atoms with Crippen molar-refractivity contribution in [1.82, 2.24) is 0 Å². The topological polar surface area (TPSA) is 237 Å². The molecule has 0 fully saturated rings. The number of hydrogen-bond acceptors (Lipinski definition) is 15. The van der Waals surface area contributed by atoms with Crippen molar-refractivity contribution in [2.75, 3.05) is 39.6 Å². The van der Waals surface area contributed by atoms with E-state index in [9.17, 15) is 43.2 Å². The van der Waals surface area contributed by atoms with Gasteiger partial charge < -0.3 is 33.8 Å². The summed E-state index contributed by atoms with van der Waals surface area (Å²) < 4.78 is 68.3. The zero-order valence-electron chi connectivity index (χ0n) is 58.8. The quantitative estimate of drug-likeness (QED) is 0.0222. The Morgan fingerprint density at radius 1 is 0.278 bits per heavy atom. The van der Waals surface area contributed by atoms with Gasteiger partial charge >= 0.3 is 39.5 Å². The standard InChI is InChI=1S/C71H138O17P2/c1-61(2)47-39-31-23-15-12-10-9-11-13-17-29-37-45-53-70(75)87-66(57-81-68(73)51-43-35-27-18-14-16-24-32-40-48-62(3)4)59-85-89(77,78)83-55-65(72)56-84-90(79,80)86-60-67(88-71(76)54-46-38-30-22-20-26-34-42-50-64(7)8)58-82-69(74)52-44-36-28-21-19-25-33-41-49-63(5)6/h61-67,72H,9-60H2,1-8H3,(H,77,78)(H,79,80)/t65?,66-,67-/m1/s1. The molecule has 0 saturated heterocycles. The summed E-state index contributed by atoms with van der Waals surface area (Å²) in [5, 5.41) is 10.6. The lowest BCUT2D eigenvalue weighted by Gasteiger charge is -2.21. The van der Waals surface area contributed by atoms with E-state index in [1.807, 2.05) is 0 Å². The lowest BCUT2D eigenvalue weighted by Crippen LogP contribution is -2.30. The van der Waals surface area contributed by atoms with Crippen molar-refractivity contribution in [3.05, 3.63) is 0 Å². The summed E-state index contributed by atoms with van der Waals surface area (Å²) in [4.78, 5) is 72.6. The van der Waals surface area contributed by atoms with Crippen LogP contribution in [0.3, 0.4) is 0 Å². The van der Waals surface area contributed by atoms with Gasteiger partial charge in [-0.15, -0.1) is 0 Å². The summed E-state index contributed by atoms with van der Waals surface area (Å²) >= 11 is 0. The molecular formula is C71H138O17P2. The van der Waals surface area contributed by atoms with E-state index >= 15 is 0 Å². The summed E-state index contributed by atoms with van der Waals surface area (Å²) in [6.45, 7) is 14.1. The highest BCUT2D eigenvalue weighted by molar-refractivity contribution is 7.47. The van der Waals surface area contributed by atoms with Crippen LogP contribution in [-0.2, 0) is 65.4 Å². The Morgan fingerprint density at radius 2 is 0.467 bits per heavy atom. The van der Waals surface area contributed by atoms with Crippen LogP contribution in [0.1, 0.15) is 351 Å². The van der Waals surface area contributed by atoms with Crippen LogP contribution in [0.15, 0.2) is 0 Å². The van der Waals surface area contributed by atoms with Crippen molar-refractivity contribution in [3.8, 4) is 0 Å². The summed E-state index contributed by atoms with van der Waals surface area (Å²) in [7, 11) is -9.90. The fraction of sp³-hybridized carbons (Fsp3) is 0.944. The van der Waals surface area contributed by atoms with Gasteiger partial charge in [-0.1, -0.05) is 299 Å². The highest BCUT2D eigenvalue weighted by atomic mass is 31.2. The van der Waals surface area contributed by atoms with Crippen LogP contribution >= 0.6 is 15.6 Å². The number of phosphoric ester groups is 2. The summed E-state index contributed by atoms with van der Waals surface area (Å²) in [5.74, 6) is 0.846. The Hall–Kier alpha value is -1.94. The van der Waals surface area contributed by atoms with Crippen molar-refractivity contribution < 1.29 is 80.2 Å². The van der Waals surface area contributed by atoms with E-state index in [1.165, 1.54) is 154 Å². The van der Waals surface area contributed by atoms with Crippen LogP contribution in [-0.4, -0.2) is 96.7 Å². The molecule has 0 aromatic rings. The van der Waals surface area contributed by atoms with Crippen molar-refractivity contribution >= 4 is 39.5 Å². The first-order chi connectivity index (χ1) is 43.1. The third-order valence-corrected chi connectivity index (χ3v) is 18.2. The SMILES string of the molecule is CC(C)CCCCCCCCCCCCCCCC(=O)O[C@H](COC(=O)CCCCCCCCCCCC(C)C)COP(=O)(O)OCC(O)COP(=O)(O)OC[C@@H](COC(=O)CCCCCCCCCCC(C)C)OC(=O)CCCCCCCCCCC(C)C. The Labute approximate surface area is 549 Å². The van der Waals surface area contributed by atoms with Gasteiger partial charge in [-0.3, -0.25) is 37.3 Å². The minimum Gasteiger partial charge on any atom is -0.462 e. The average molecular weight is 1330 g/mol. The molecule has 0 spiro atoms. The van der Waals surface area contributed by atoms with Gasteiger partial charge in [-0.2, -0.15) is 0 Å². The molecule has 3 N–H and O–H groups in total. The monoisotopic (exact) mass is 1320 g/mol. The zero-order chi connectivity index (χ0) is 66.8. The van der Waals surface area contributed by atoms with Gasteiger partial charge in [0.25, 0.3) is 0 Å². The normalized spacial score (nSPS) is 14.3. The van der Waals surface area contributed by atoms with E-state index in [-0.39, 0.29) is 25.7 Å². The van der Waals surface area contributed by atoms with Gasteiger partial charge in [0, 0.05) is 25.7 Å². The van der Waals surface area contributed by atoms with Crippen LogP contribution in [0.5, 0.6) is 0 Å². The number of aliphatic hydroxyl groups is 1. The van der Waals surface area contributed by atoms with Gasteiger partial charge in [0.15, 0.2) is 12.2 Å². The Kier molecular flexibility index (Phi) is 59.4. The van der Waals surface area contributed by atoms with Crippen LogP contribution in [0.2, 0.25) is 0 Å². The molecule has 534 valence electrons. The Bertz CT molecular complexity index is 1780. The fourth-order valence-electron chi connectivity index (χ4n) is 10.7. The number of phosphoric acid groups is 2. The molecule has 0 aliphatic carbocycles. The Balaban J connectivity index is 5.25. The average Bonchev–Trinajstić information content (AvgIpc) is 2.37. The van der Waals surface area contributed by atoms with Gasteiger partial charge in [0.1, 0.15) is 19.3 Å². The highest BCUT2D eigenvalue weighted by Gasteiger charge is 2.30. The lowest BCUT2D eigenvalue weighted by atomic mass is 10.0. The minimum absolute atomic E-state index is 0.103. The van der Waals surface area contributed by atoms with Crippen molar-refractivity contribution in [2.45, 2.75) is 369 Å². The van der Waals surface area contributed by atoms with Crippen LogP contribution in [0, 0.1) is 23.7 Å². The largest absolute Gasteiger partial charge is 0.472 e. The zero-order valence-corrected chi connectivity index (χ0v) is 60.6. The van der Waals surface area contributed by atoms with E-state index in [4.69, 9.17) is 37.0 Å². The molecule has 19 heteroatoms. The second kappa shape index (κ2) is 60.7. The van der Waals surface area contributed by atoms with Gasteiger partial charge in [0.2, 0.25) is 0 Å². The maximum atomic E-state index is 13.0. The molecule has 3 unspecified atom stereocenters. The van der Waals surface area contributed by atoms with Crippen molar-refractivity contribution in [3.63, 3.8) is 0 Å². The maximum Gasteiger partial charge on any atom is 0.472 e. The summed E-state index contributed by atoms with van der Waals surface area (Å²) in [6.07, 6.45) is 43.1. The van der Waals surface area contributed by atoms with Crippen LogP contribution < -0.4 is 0 Å². The van der Waals surface area contributed by atoms with E-state index in [1.54, 1.807) is 0 Å². The van der Waals surface area contributed by atoms with Gasteiger partial charge in [-0.25, -0.2) is 9.13 Å². The molecule has 0 saturated carbocycles. The number of carbonyl (C=O) groups is 4. The third kappa shape index (κ3) is 64.8. The fourth-order valence-corrected chi connectivity index (χ4v) is 12.2. The number of aliphatic hydroxyl groups excluding tert-OH is 1. The van der Waals surface area contributed by atoms with E-state index in [0.29, 0.717) is 25.7 Å². The summed E-state index contributed by atoms with van der Waals surface area (Å²) in [5.41, 5.74) is 0. The van der Waals surface area contributed by atoms with Crippen molar-refractivity contribution in [1.29, 1.82) is 0 Å². The molecule has 0 rings (SSSR count). The molecule has 0 amide bonds. The molecule has 0 aliphatic heterocycles. The number of rotatable bonds is 68. The number of unbranched alkanes of at least 4 members (excludes halogenated alkanes) is 34. The molecule has 0 aliphatic rings. The molecular weight excluding hydrogens is 1190 g/mol. The number of hydrogen-bond donors (Lipinski definition) is 3. The molecule has 90 heavy (non-hydrogen) atoms. The van der Waals surface area contributed by atoms with Gasteiger partial charge in [0.05, 0.1) is 26.4 Å². The molecule has 17 nitrogen and oxygen atoms in total. The molecule has 0 radical (unpaired) electrons. The number of esters is 4. The summed E-state index contributed by atoms with van der Waals surface area (Å²) in [6, 6.07) is 0. The van der Waals surface area contributed by atoms with Crippen molar-refractivity contribution in [2.24, 2.45) is 23.7 Å².